The van der Waals surface area contributed by atoms with Crippen LogP contribution in [0.25, 0.3) is 0 Å². The van der Waals surface area contributed by atoms with Gasteiger partial charge in [0.25, 0.3) is 0 Å². The summed E-state index contributed by atoms with van der Waals surface area (Å²) >= 11 is 0. The summed E-state index contributed by atoms with van der Waals surface area (Å²) < 4.78 is 9.95. The quantitative estimate of drug-likeness (QED) is 0.541. The van der Waals surface area contributed by atoms with E-state index in [-0.39, 0.29) is 30.8 Å². The molecule has 6 heteroatoms. The van der Waals surface area contributed by atoms with Gasteiger partial charge < -0.3 is 9.47 Å². The summed E-state index contributed by atoms with van der Waals surface area (Å²) in [7, 11) is 1.33. The molecule has 0 radical (unpaired) electrons. The number of allylic oxidation sites excluding steroid dienone is 2. The van der Waals surface area contributed by atoms with Crippen molar-refractivity contribution in [1.82, 2.24) is 4.90 Å². The molecule has 6 nitrogen and oxygen atoms in total. The molecule has 144 valence electrons. The average Bonchev–Trinajstić information content (AvgIpc) is 2.67. The number of rotatable bonds is 7. The lowest BCUT2D eigenvalue weighted by molar-refractivity contribution is -0.134. The maximum atomic E-state index is 12.5. The van der Waals surface area contributed by atoms with Gasteiger partial charge in [0.15, 0.2) is 5.78 Å². The summed E-state index contributed by atoms with van der Waals surface area (Å²) in [5.41, 5.74) is 0.904. The van der Waals surface area contributed by atoms with Gasteiger partial charge in [-0.3, -0.25) is 9.69 Å². The second-order valence-corrected chi connectivity index (χ2v) is 6.59. The molecule has 0 bridgehead atoms. The van der Waals surface area contributed by atoms with Crippen LogP contribution < -0.4 is 0 Å². The van der Waals surface area contributed by atoms with Gasteiger partial charge in [-0.1, -0.05) is 43.3 Å². The van der Waals surface area contributed by atoms with E-state index in [2.05, 4.69) is 4.74 Å². The lowest BCUT2D eigenvalue weighted by Gasteiger charge is -2.31. The van der Waals surface area contributed by atoms with Crippen molar-refractivity contribution < 1.29 is 23.9 Å². The SMILES string of the molecule is COC(=O)/C=C/C[C@@H](C)C[C@H]1CC(=O)C=CN1C(=O)OCc1ccccc1. The van der Waals surface area contributed by atoms with Gasteiger partial charge in [-0.05, 0) is 30.4 Å². The summed E-state index contributed by atoms with van der Waals surface area (Å²) in [5, 5.41) is 0. The van der Waals surface area contributed by atoms with Crippen LogP contribution in [0.5, 0.6) is 0 Å². The first kappa shape index (κ1) is 20.4. The number of hydrogen-bond acceptors (Lipinski definition) is 5. The zero-order valence-electron chi connectivity index (χ0n) is 15.7. The van der Waals surface area contributed by atoms with Gasteiger partial charge in [-0.25, -0.2) is 9.59 Å². The first-order chi connectivity index (χ1) is 13.0. The molecular weight excluding hydrogens is 346 g/mol. The Morgan fingerprint density at radius 3 is 2.74 bits per heavy atom. The fourth-order valence-corrected chi connectivity index (χ4v) is 2.91. The van der Waals surface area contributed by atoms with Gasteiger partial charge in [0.1, 0.15) is 6.61 Å². The third kappa shape index (κ3) is 6.73. The van der Waals surface area contributed by atoms with Crippen molar-refractivity contribution in [3.8, 4) is 0 Å². The van der Waals surface area contributed by atoms with Crippen LogP contribution in [-0.2, 0) is 25.7 Å². The van der Waals surface area contributed by atoms with Gasteiger partial charge >= 0.3 is 12.1 Å². The Morgan fingerprint density at radius 2 is 2.04 bits per heavy atom. The molecule has 1 aromatic carbocycles. The zero-order valence-corrected chi connectivity index (χ0v) is 15.7. The highest BCUT2D eigenvalue weighted by atomic mass is 16.6. The largest absolute Gasteiger partial charge is 0.466 e. The van der Waals surface area contributed by atoms with E-state index in [1.54, 1.807) is 6.08 Å². The molecule has 1 heterocycles. The average molecular weight is 371 g/mol. The maximum Gasteiger partial charge on any atom is 0.414 e. The Morgan fingerprint density at radius 1 is 1.30 bits per heavy atom. The highest BCUT2D eigenvalue weighted by Crippen LogP contribution is 2.23. The van der Waals surface area contributed by atoms with Crippen LogP contribution in [0, 0.1) is 5.92 Å². The van der Waals surface area contributed by atoms with Crippen LogP contribution in [0.2, 0.25) is 0 Å². The molecule has 1 aliphatic heterocycles. The van der Waals surface area contributed by atoms with E-state index in [9.17, 15) is 14.4 Å². The number of carbonyl (C=O) groups is 3. The van der Waals surface area contributed by atoms with Crippen LogP contribution in [0.15, 0.2) is 54.8 Å². The Labute approximate surface area is 159 Å². The lowest BCUT2D eigenvalue weighted by atomic mass is 9.93. The van der Waals surface area contributed by atoms with Crippen molar-refractivity contribution in [1.29, 1.82) is 0 Å². The summed E-state index contributed by atoms with van der Waals surface area (Å²) in [6, 6.07) is 9.18. The topological polar surface area (TPSA) is 72.9 Å². The third-order valence-corrected chi connectivity index (χ3v) is 4.34. The molecule has 1 aromatic rings. The van der Waals surface area contributed by atoms with E-state index in [1.165, 1.54) is 30.4 Å². The van der Waals surface area contributed by atoms with Gasteiger partial charge in [0.2, 0.25) is 0 Å². The number of amides is 1. The number of hydrogen-bond donors (Lipinski definition) is 0. The molecule has 1 amide bonds. The first-order valence-corrected chi connectivity index (χ1v) is 8.94. The van der Waals surface area contributed by atoms with Crippen molar-refractivity contribution in [2.24, 2.45) is 5.92 Å². The van der Waals surface area contributed by atoms with Crippen molar-refractivity contribution >= 4 is 17.8 Å². The molecule has 0 spiro atoms. The van der Waals surface area contributed by atoms with Crippen LogP contribution >= 0.6 is 0 Å². The van der Waals surface area contributed by atoms with E-state index in [4.69, 9.17) is 4.74 Å². The molecule has 0 unspecified atom stereocenters. The summed E-state index contributed by atoms with van der Waals surface area (Å²) in [4.78, 5) is 36.9. The molecular formula is C21H25NO5. The molecule has 0 N–H and O–H groups in total. The van der Waals surface area contributed by atoms with Crippen LogP contribution in [-0.4, -0.2) is 35.9 Å². The molecule has 0 aromatic heterocycles. The normalized spacial score (nSPS) is 17.8. The minimum atomic E-state index is -0.468. The standard InChI is InChI=1S/C21H25NO5/c1-16(7-6-10-20(24)26-2)13-18-14-19(23)11-12-22(18)21(25)27-15-17-8-4-3-5-9-17/h3-6,8-12,16,18H,7,13-15H2,1-2H3/b10-6+/t16-,18+/m1/s1. The van der Waals surface area contributed by atoms with Crippen molar-refractivity contribution in [3.05, 3.63) is 60.3 Å². The Balaban J connectivity index is 1.93. The van der Waals surface area contributed by atoms with Crippen LogP contribution in [0.4, 0.5) is 4.79 Å². The molecule has 0 fully saturated rings. The number of ether oxygens (including phenoxy) is 2. The Hall–Kier alpha value is -2.89. The van der Waals surface area contributed by atoms with Crippen molar-refractivity contribution in [3.63, 3.8) is 0 Å². The van der Waals surface area contributed by atoms with Gasteiger partial charge in [0, 0.05) is 24.7 Å². The lowest BCUT2D eigenvalue weighted by Crippen LogP contribution is -2.41. The number of methoxy groups -OCH3 is 1. The van der Waals surface area contributed by atoms with Gasteiger partial charge in [0.05, 0.1) is 7.11 Å². The van der Waals surface area contributed by atoms with E-state index in [0.717, 1.165) is 5.56 Å². The highest BCUT2D eigenvalue weighted by molar-refractivity contribution is 5.92. The minimum Gasteiger partial charge on any atom is -0.466 e. The zero-order chi connectivity index (χ0) is 19.6. The molecule has 0 aliphatic carbocycles. The predicted octanol–water partition coefficient (Wildman–Crippen LogP) is 3.63. The molecule has 0 saturated heterocycles. The Bertz CT molecular complexity index is 711. The molecule has 27 heavy (non-hydrogen) atoms. The molecule has 2 atom stereocenters. The summed E-state index contributed by atoms with van der Waals surface area (Å²) in [6.07, 6.45) is 7.11. The maximum absolute atomic E-state index is 12.5. The number of benzene rings is 1. The fraction of sp³-hybridized carbons (Fsp3) is 0.381. The monoisotopic (exact) mass is 371 g/mol. The van der Waals surface area contributed by atoms with E-state index >= 15 is 0 Å². The molecule has 1 aliphatic rings. The minimum absolute atomic E-state index is 0.00980. The predicted molar refractivity (Wildman–Crippen MR) is 101 cm³/mol. The first-order valence-electron chi connectivity index (χ1n) is 8.94. The van der Waals surface area contributed by atoms with E-state index in [1.807, 2.05) is 37.3 Å². The van der Waals surface area contributed by atoms with Crippen LogP contribution in [0.3, 0.4) is 0 Å². The summed E-state index contributed by atoms with van der Waals surface area (Å²) in [5.74, 6) is -0.229. The van der Waals surface area contributed by atoms with Crippen LogP contribution in [0.1, 0.15) is 31.7 Å². The summed E-state index contributed by atoms with van der Waals surface area (Å²) in [6.45, 7) is 2.19. The molecule has 0 saturated carbocycles. The second-order valence-electron chi connectivity index (χ2n) is 6.59. The number of ketones is 1. The fourth-order valence-electron chi connectivity index (χ4n) is 2.91. The second kappa shape index (κ2) is 10.3. The number of carbonyl (C=O) groups excluding carboxylic acids is 3. The number of nitrogens with zero attached hydrogens (tertiary/aromatic N) is 1. The Kier molecular flexibility index (Phi) is 7.79. The smallest absolute Gasteiger partial charge is 0.414 e. The third-order valence-electron chi connectivity index (χ3n) is 4.34. The van der Waals surface area contributed by atoms with Crippen molar-refractivity contribution in [2.45, 2.75) is 38.8 Å². The number of esters is 1. The van der Waals surface area contributed by atoms with Gasteiger partial charge in [-0.15, -0.1) is 0 Å². The van der Waals surface area contributed by atoms with E-state index in [0.29, 0.717) is 12.8 Å². The van der Waals surface area contributed by atoms with E-state index < -0.39 is 12.1 Å². The van der Waals surface area contributed by atoms with Gasteiger partial charge in [-0.2, -0.15) is 0 Å². The highest BCUT2D eigenvalue weighted by Gasteiger charge is 2.29. The molecule has 2 rings (SSSR count). The van der Waals surface area contributed by atoms with Crippen molar-refractivity contribution in [2.75, 3.05) is 7.11 Å².